The zero-order valence-corrected chi connectivity index (χ0v) is 15.9. The molecule has 1 saturated heterocycles. The highest BCUT2D eigenvalue weighted by Gasteiger charge is 2.50. The molecule has 124 valence electrons. The highest BCUT2D eigenvalue weighted by Crippen LogP contribution is 2.53. The minimum atomic E-state index is -0.439. The summed E-state index contributed by atoms with van der Waals surface area (Å²) in [6.45, 7) is 16.2. The van der Waals surface area contributed by atoms with Gasteiger partial charge in [0.1, 0.15) is 5.60 Å². The van der Waals surface area contributed by atoms with Crippen LogP contribution in [0.5, 0.6) is 0 Å². The van der Waals surface area contributed by atoms with E-state index < -0.39 is 5.60 Å². The van der Waals surface area contributed by atoms with E-state index in [2.05, 4.69) is 33.8 Å². The molecule has 0 aromatic rings. The molecule has 2 aliphatic rings. The summed E-state index contributed by atoms with van der Waals surface area (Å²) in [7, 11) is 0.761. The number of amides is 1. The number of hydrogen-bond donors (Lipinski definition) is 0. The largest absolute Gasteiger partial charge is 0.444 e. The van der Waals surface area contributed by atoms with E-state index in [0.717, 1.165) is 14.9 Å². The van der Waals surface area contributed by atoms with E-state index in [9.17, 15) is 4.79 Å². The highest BCUT2D eigenvalue weighted by molar-refractivity contribution is 7.78. The first kappa shape index (κ1) is 17.8. The van der Waals surface area contributed by atoms with E-state index >= 15 is 0 Å². The Balaban J connectivity index is 1.97. The predicted octanol–water partition coefficient (Wildman–Crippen LogP) is 3.85. The van der Waals surface area contributed by atoms with Gasteiger partial charge in [0, 0.05) is 18.2 Å². The minimum Gasteiger partial charge on any atom is -0.444 e. The first-order valence-corrected chi connectivity index (χ1v) is 9.11. The van der Waals surface area contributed by atoms with Crippen LogP contribution in [0.15, 0.2) is 11.5 Å². The van der Waals surface area contributed by atoms with Gasteiger partial charge in [-0.1, -0.05) is 25.4 Å². The fourth-order valence-electron chi connectivity index (χ4n) is 2.56. The molecular formula is C16H29BNO3P. The lowest BCUT2D eigenvalue weighted by Gasteiger charge is -2.33. The van der Waals surface area contributed by atoms with Gasteiger partial charge in [-0.25, -0.2) is 4.79 Å². The van der Waals surface area contributed by atoms with Crippen LogP contribution < -0.4 is 0 Å². The molecule has 1 fully saturated rings. The van der Waals surface area contributed by atoms with Crippen LogP contribution in [0, 0.1) is 0 Å². The van der Waals surface area contributed by atoms with Crippen LogP contribution in [0.3, 0.4) is 0 Å². The number of rotatable bonds is 1. The quantitative estimate of drug-likeness (QED) is 0.543. The van der Waals surface area contributed by atoms with Crippen LogP contribution in [-0.2, 0) is 9.39 Å². The number of nitrogens with zero attached hydrogens (tertiary/aromatic N) is 1. The topological polar surface area (TPSA) is 38.8 Å². The lowest BCUT2D eigenvalue weighted by Crippen LogP contribution is -2.41. The van der Waals surface area contributed by atoms with Crippen molar-refractivity contribution < 1.29 is 14.2 Å². The standard InChI is InChI=1S/C16H29BNO3P/c1-14(2,3)20-13(19)18-10-8-12(9-11-18)17-21-15(4,5)16(6,7)22-17/h8,22H,9-11H2,1-7H3. The number of carbonyl (C=O) groups is 1. The van der Waals surface area contributed by atoms with Gasteiger partial charge >= 0.3 is 12.7 Å². The van der Waals surface area contributed by atoms with Crippen molar-refractivity contribution >= 4 is 21.2 Å². The van der Waals surface area contributed by atoms with Crippen LogP contribution >= 0.6 is 8.46 Å². The van der Waals surface area contributed by atoms with Crippen LogP contribution in [0.4, 0.5) is 4.79 Å². The molecule has 6 heteroatoms. The van der Waals surface area contributed by atoms with Crippen molar-refractivity contribution in [1.29, 1.82) is 0 Å². The van der Waals surface area contributed by atoms with Crippen molar-refractivity contribution in [2.24, 2.45) is 0 Å². The zero-order chi connectivity index (χ0) is 16.8. The molecule has 0 bridgehead atoms. The van der Waals surface area contributed by atoms with Gasteiger partial charge in [0.15, 0.2) is 0 Å². The molecule has 0 aliphatic carbocycles. The summed E-state index contributed by atoms with van der Waals surface area (Å²) >= 11 is 0. The van der Waals surface area contributed by atoms with Gasteiger partial charge in [0.25, 0.3) is 0 Å². The van der Waals surface area contributed by atoms with E-state index in [1.54, 1.807) is 4.90 Å². The number of hydrogen-bond acceptors (Lipinski definition) is 3. The van der Waals surface area contributed by atoms with Gasteiger partial charge in [-0.2, -0.15) is 0 Å². The lowest BCUT2D eigenvalue weighted by molar-refractivity contribution is 0.0265. The summed E-state index contributed by atoms with van der Waals surface area (Å²) in [5, 5.41) is 0.195. The molecule has 2 aliphatic heterocycles. The molecular weight excluding hydrogens is 296 g/mol. The first-order chi connectivity index (χ1) is 9.91. The van der Waals surface area contributed by atoms with Crippen molar-refractivity contribution in [3.63, 3.8) is 0 Å². The van der Waals surface area contributed by atoms with Gasteiger partial charge in [-0.3, -0.25) is 0 Å². The second-order valence-electron chi connectivity index (χ2n) is 8.23. The summed E-state index contributed by atoms with van der Waals surface area (Å²) in [6.07, 6.45) is 2.81. The number of carbonyl (C=O) groups excluding carboxylic acids is 1. The van der Waals surface area contributed by atoms with Crippen molar-refractivity contribution in [1.82, 2.24) is 4.90 Å². The van der Waals surface area contributed by atoms with Gasteiger partial charge in [-0.05, 0) is 41.0 Å². The molecule has 0 saturated carbocycles. The molecule has 0 N–H and O–H groups in total. The molecule has 0 radical (unpaired) electrons. The maximum absolute atomic E-state index is 12.1. The predicted molar refractivity (Wildman–Crippen MR) is 93.8 cm³/mol. The Morgan fingerprint density at radius 3 is 2.41 bits per heavy atom. The molecule has 0 aromatic carbocycles. The maximum atomic E-state index is 12.1. The maximum Gasteiger partial charge on any atom is 0.410 e. The van der Waals surface area contributed by atoms with Crippen LogP contribution in [0.2, 0.25) is 0 Å². The monoisotopic (exact) mass is 325 g/mol. The van der Waals surface area contributed by atoms with Crippen LogP contribution in [0.1, 0.15) is 54.9 Å². The Kier molecular flexibility index (Phi) is 4.72. The van der Waals surface area contributed by atoms with Crippen molar-refractivity contribution in [3.05, 3.63) is 11.5 Å². The average Bonchev–Trinajstić information content (AvgIpc) is 2.56. The third-order valence-corrected chi connectivity index (χ3v) is 6.72. The third kappa shape index (κ3) is 3.86. The van der Waals surface area contributed by atoms with E-state index in [1.807, 2.05) is 20.8 Å². The fourth-order valence-corrected chi connectivity index (χ4v) is 4.42. The Bertz CT molecular complexity index is 466. The summed E-state index contributed by atoms with van der Waals surface area (Å²) in [4.78, 5) is 13.9. The third-order valence-electron chi connectivity index (χ3n) is 4.64. The molecule has 2 rings (SSSR count). The van der Waals surface area contributed by atoms with Crippen molar-refractivity contribution in [3.8, 4) is 0 Å². The molecule has 0 spiro atoms. The smallest absolute Gasteiger partial charge is 0.410 e. The van der Waals surface area contributed by atoms with Gasteiger partial charge in [0.05, 0.1) is 5.60 Å². The van der Waals surface area contributed by atoms with E-state index in [0.29, 0.717) is 13.1 Å². The van der Waals surface area contributed by atoms with Gasteiger partial charge < -0.3 is 14.3 Å². The SMILES string of the molecule is CC(C)(C)OC(=O)N1CC=C(B2OC(C)(C)C(C)(C)P2)CC1. The molecule has 1 amide bonds. The molecule has 0 aromatic heterocycles. The van der Waals surface area contributed by atoms with Gasteiger partial charge in [-0.15, -0.1) is 8.46 Å². The first-order valence-electron chi connectivity index (χ1n) is 8.04. The van der Waals surface area contributed by atoms with Crippen LogP contribution in [0.25, 0.3) is 0 Å². The number of ether oxygens (including phenoxy) is 1. The fraction of sp³-hybridized carbons (Fsp3) is 0.812. The lowest BCUT2D eigenvalue weighted by atomic mass is 9.79. The Morgan fingerprint density at radius 2 is 2.00 bits per heavy atom. The normalized spacial score (nSPS) is 25.3. The highest BCUT2D eigenvalue weighted by atomic mass is 31.1. The Morgan fingerprint density at radius 1 is 1.36 bits per heavy atom. The van der Waals surface area contributed by atoms with E-state index in [-0.39, 0.29) is 23.5 Å². The Labute approximate surface area is 136 Å². The van der Waals surface area contributed by atoms with Crippen molar-refractivity contribution in [2.75, 3.05) is 13.1 Å². The summed E-state index contributed by atoms with van der Waals surface area (Å²) in [5.41, 5.74) is 0.807. The minimum absolute atomic E-state index is 0.0980. The summed E-state index contributed by atoms with van der Waals surface area (Å²) in [5.74, 6) is 0. The van der Waals surface area contributed by atoms with Crippen molar-refractivity contribution in [2.45, 2.75) is 71.2 Å². The second-order valence-corrected chi connectivity index (χ2v) is 10.3. The summed E-state index contributed by atoms with van der Waals surface area (Å²) < 4.78 is 11.7. The van der Waals surface area contributed by atoms with E-state index in [1.165, 1.54) is 5.47 Å². The molecule has 22 heavy (non-hydrogen) atoms. The van der Waals surface area contributed by atoms with E-state index in [4.69, 9.17) is 9.39 Å². The summed E-state index contributed by atoms with van der Waals surface area (Å²) in [6, 6.07) is 0. The molecule has 1 atom stereocenters. The van der Waals surface area contributed by atoms with Crippen LogP contribution in [-0.4, -0.2) is 47.1 Å². The average molecular weight is 325 g/mol. The molecule has 2 heterocycles. The van der Waals surface area contributed by atoms with Gasteiger partial charge in [0.2, 0.25) is 0 Å². The molecule has 4 nitrogen and oxygen atoms in total. The second kappa shape index (κ2) is 5.83. The zero-order valence-electron chi connectivity index (χ0n) is 14.9. The molecule has 1 unspecified atom stereocenters. The Hall–Kier alpha value is -0.535.